The molecule has 0 spiro atoms. The van der Waals surface area contributed by atoms with Crippen LogP contribution >= 0.6 is 0 Å². The molecule has 1 heterocycles. The van der Waals surface area contributed by atoms with E-state index in [1.165, 1.54) is 37.6 Å². The van der Waals surface area contributed by atoms with Gasteiger partial charge in [-0.3, -0.25) is 9.69 Å². The Balaban J connectivity index is 1.50. The summed E-state index contributed by atoms with van der Waals surface area (Å²) in [7, 11) is -0.711. The van der Waals surface area contributed by atoms with Gasteiger partial charge in [0.2, 0.25) is 10.0 Å². The largest absolute Gasteiger partial charge is 0.493 e. The van der Waals surface area contributed by atoms with Crippen LogP contribution in [0.15, 0.2) is 47.4 Å². The molecule has 33 heavy (non-hydrogen) atoms. The number of hydrogen-bond acceptors (Lipinski definition) is 8. The fraction of sp³-hybridized carbons (Fsp3) is 0.435. The van der Waals surface area contributed by atoms with Crippen molar-refractivity contribution >= 4 is 15.8 Å². The van der Waals surface area contributed by atoms with Crippen LogP contribution in [0, 0.1) is 0 Å². The maximum absolute atomic E-state index is 13.0. The van der Waals surface area contributed by atoms with Crippen molar-refractivity contribution in [2.24, 2.45) is 0 Å². The number of carbonyl (C=O) groups excluding carboxylic acids is 1. The first-order valence-electron chi connectivity index (χ1n) is 10.6. The molecule has 1 N–H and O–H groups in total. The van der Waals surface area contributed by atoms with Crippen LogP contribution in [0.3, 0.4) is 0 Å². The predicted octanol–water partition coefficient (Wildman–Crippen LogP) is 1.65. The molecule has 0 bridgehead atoms. The molecule has 9 nitrogen and oxygen atoms in total. The van der Waals surface area contributed by atoms with Crippen molar-refractivity contribution in [3.05, 3.63) is 48.0 Å². The molecule has 1 saturated heterocycles. The normalized spacial score (nSPS) is 16.2. The monoisotopic (exact) mass is 478 g/mol. The van der Waals surface area contributed by atoms with Gasteiger partial charge in [0.1, 0.15) is 18.5 Å². The number of ether oxygens (including phenoxy) is 3. The Morgan fingerprint density at radius 1 is 1.00 bits per heavy atom. The van der Waals surface area contributed by atoms with Crippen molar-refractivity contribution in [3.8, 4) is 17.2 Å². The summed E-state index contributed by atoms with van der Waals surface area (Å²) in [4.78, 5) is 13.5. The first-order valence-corrected chi connectivity index (χ1v) is 12.0. The third-order valence-electron chi connectivity index (χ3n) is 5.50. The van der Waals surface area contributed by atoms with Crippen molar-refractivity contribution in [3.63, 3.8) is 0 Å². The molecule has 0 saturated carbocycles. The van der Waals surface area contributed by atoms with E-state index >= 15 is 0 Å². The van der Waals surface area contributed by atoms with Gasteiger partial charge in [-0.2, -0.15) is 4.31 Å². The van der Waals surface area contributed by atoms with Gasteiger partial charge in [-0.25, -0.2) is 8.42 Å². The van der Waals surface area contributed by atoms with E-state index in [-0.39, 0.29) is 17.3 Å². The number of β-amino-alcohol motifs (C(OH)–C–C–N with tert-alkyl or cyclic N) is 1. The van der Waals surface area contributed by atoms with E-state index in [1.807, 2.05) is 4.90 Å². The van der Waals surface area contributed by atoms with Gasteiger partial charge in [0.15, 0.2) is 17.3 Å². The quantitative estimate of drug-likeness (QED) is 0.514. The van der Waals surface area contributed by atoms with Gasteiger partial charge in [0, 0.05) is 44.4 Å². The predicted molar refractivity (Wildman–Crippen MR) is 123 cm³/mol. The summed E-state index contributed by atoms with van der Waals surface area (Å²) in [6.45, 7) is 3.60. The van der Waals surface area contributed by atoms with Crippen LogP contribution in [0.4, 0.5) is 0 Å². The zero-order valence-electron chi connectivity index (χ0n) is 19.1. The van der Waals surface area contributed by atoms with Crippen molar-refractivity contribution in [1.29, 1.82) is 0 Å². The van der Waals surface area contributed by atoms with E-state index in [0.717, 1.165) is 0 Å². The first-order chi connectivity index (χ1) is 15.7. The molecule has 2 aromatic carbocycles. The first kappa shape index (κ1) is 25.0. The van der Waals surface area contributed by atoms with Crippen LogP contribution in [0.2, 0.25) is 0 Å². The van der Waals surface area contributed by atoms with Gasteiger partial charge in [0.25, 0.3) is 0 Å². The lowest BCUT2D eigenvalue weighted by molar-refractivity contribution is 0.0569. The number of ketones is 1. The Bertz CT molecular complexity index is 1050. The van der Waals surface area contributed by atoms with Crippen molar-refractivity contribution in [2.45, 2.75) is 17.9 Å². The molecule has 2 aromatic rings. The molecule has 0 amide bonds. The molecule has 0 radical (unpaired) electrons. The Labute approximate surface area is 194 Å². The standard InChI is InChI=1S/C23H30N2O7S/c1-17(26)18-4-6-20(7-5-18)32-16-19(27)15-24-10-12-25(13-11-24)33(28,29)21-8-9-22(30-2)23(14-21)31-3/h4-9,14,19,27H,10-13,15-16H2,1-3H3/t19-/m1/s1. The number of rotatable bonds is 10. The summed E-state index contributed by atoms with van der Waals surface area (Å²) >= 11 is 0. The lowest BCUT2D eigenvalue weighted by atomic mass is 10.1. The number of piperazine rings is 1. The number of Topliss-reactive ketones (excluding diaryl/α,β-unsaturated/α-hetero) is 1. The summed E-state index contributed by atoms with van der Waals surface area (Å²) in [5, 5.41) is 10.3. The molecular formula is C23H30N2O7S. The second-order valence-corrected chi connectivity index (χ2v) is 9.70. The molecule has 180 valence electrons. The zero-order chi connectivity index (χ0) is 24.0. The molecule has 1 atom stereocenters. The van der Waals surface area contributed by atoms with Crippen molar-refractivity contribution in [2.75, 3.05) is 53.6 Å². The highest BCUT2D eigenvalue weighted by molar-refractivity contribution is 7.89. The van der Waals surface area contributed by atoms with E-state index in [9.17, 15) is 18.3 Å². The fourth-order valence-corrected chi connectivity index (χ4v) is 5.05. The van der Waals surface area contributed by atoms with Gasteiger partial charge in [-0.15, -0.1) is 0 Å². The topological polar surface area (TPSA) is 106 Å². The van der Waals surface area contributed by atoms with Crippen LogP contribution in [0.25, 0.3) is 0 Å². The van der Waals surface area contributed by atoms with E-state index in [0.29, 0.717) is 55.5 Å². The summed E-state index contributed by atoms with van der Waals surface area (Å²) in [5.41, 5.74) is 0.601. The summed E-state index contributed by atoms with van der Waals surface area (Å²) in [6.07, 6.45) is -0.730. The van der Waals surface area contributed by atoms with Gasteiger partial charge in [-0.05, 0) is 43.3 Å². The Hall–Kier alpha value is -2.66. The van der Waals surface area contributed by atoms with Crippen LogP contribution in [-0.2, 0) is 10.0 Å². The van der Waals surface area contributed by atoms with Crippen LogP contribution < -0.4 is 14.2 Å². The molecule has 0 aliphatic carbocycles. The number of aliphatic hydroxyl groups excluding tert-OH is 1. The summed E-state index contributed by atoms with van der Waals surface area (Å²) < 4.78 is 43.5. The highest BCUT2D eigenvalue weighted by Crippen LogP contribution is 2.30. The fourth-order valence-electron chi connectivity index (χ4n) is 3.61. The van der Waals surface area contributed by atoms with E-state index in [4.69, 9.17) is 14.2 Å². The molecule has 1 aliphatic heterocycles. The Morgan fingerprint density at radius 3 is 2.21 bits per heavy atom. The number of methoxy groups -OCH3 is 2. The SMILES string of the molecule is COc1ccc(S(=O)(=O)N2CCN(C[C@@H](O)COc3ccc(C(C)=O)cc3)CC2)cc1OC. The number of carbonyl (C=O) groups is 1. The highest BCUT2D eigenvalue weighted by atomic mass is 32.2. The Kier molecular flexibility index (Phi) is 8.30. The molecule has 1 fully saturated rings. The van der Waals surface area contributed by atoms with Crippen LogP contribution in [0.1, 0.15) is 17.3 Å². The van der Waals surface area contributed by atoms with E-state index in [2.05, 4.69) is 0 Å². The second kappa shape index (κ2) is 11.0. The average molecular weight is 479 g/mol. The lowest BCUT2D eigenvalue weighted by Gasteiger charge is -2.34. The van der Waals surface area contributed by atoms with Crippen molar-refractivity contribution in [1.82, 2.24) is 9.21 Å². The minimum Gasteiger partial charge on any atom is -0.493 e. The molecule has 0 aromatic heterocycles. The number of hydrogen-bond donors (Lipinski definition) is 1. The highest BCUT2D eigenvalue weighted by Gasteiger charge is 2.30. The lowest BCUT2D eigenvalue weighted by Crippen LogP contribution is -2.50. The van der Waals surface area contributed by atoms with Gasteiger partial charge in [0.05, 0.1) is 19.1 Å². The molecular weight excluding hydrogens is 448 g/mol. The van der Waals surface area contributed by atoms with E-state index < -0.39 is 16.1 Å². The maximum atomic E-state index is 13.0. The van der Waals surface area contributed by atoms with Gasteiger partial charge < -0.3 is 19.3 Å². The zero-order valence-corrected chi connectivity index (χ0v) is 19.9. The number of aliphatic hydroxyl groups is 1. The third kappa shape index (κ3) is 6.23. The number of nitrogens with zero attached hydrogens (tertiary/aromatic N) is 2. The second-order valence-electron chi connectivity index (χ2n) is 7.77. The average Bonchev–Trinajstić information content (AvgIpc) is 2.82. The Morgan fingerprint density at radius 2 is 1.64 bits per heavy atom. The summed E-state index contributed by atoms with van der Waals surface area (Å²) in [6, 6.07) is 11.3. The van der Waals surface area contributed by atoms with Crippen LogP contribution in [0.5, 0.6) is 17.2 Å². The molecule has 3 rings (SSSR count). The van der Waals surface area contributed by atoms with E-state index in [1.54, 1.807) is 30.3 Å². The van der Waals surface area contributed by atoms with Crippen molar-refractivity contribution < 1.29 is 32.5 Å². The van der Waals surface area contributed by atoms with Gasteiger partial charge >= 0.3 is 0 Å². The maximum Gasteiger partial charge on any atom is 0.243 e. The number of sulfonamides is 1. The summed E-state index contributed by atoms with van der Waals surface area (Å²) in [5.74, 6) is 1.38. The van der Waals surface area contributed by atoms with Gasteiger partial charge in [-0.1, -0.05) is 0 Å². The molecule has 0 unspecified atom stereocenters. The van der Waals surface area contributed by atoms with Crippen LogP contribution in [-0.4, -0.2) is 88.2 Å². The molecule has 10 heteroatoms. The minimum absolute atomic E-state index is 0.0196. The minimum atomic E-state index is -3.67. The third-order valence-corrected chi connectivity index (χ3v) is 7.39. The molecule has 1 aliphatic rings. The smallest absolute Gasteiger partial charge is 0.243 e. The number of benzene rings is 2.